The molecule has 1 amide bonds. The Morgan fingerprint density at radius 2 is 1.92 bits per heavy atom. The first-order valence-electron chi connectivity index (χ1n) is 9.77. The van der Waals surface area contributed by atoms with Gasteiger partial charge in [-0.3, -0.25) is 4.79 Å². The molecule has 1 aromatic carbocycles. The Morgan fingerprint density at radius 3 is 2.69 bits per heavy atom. The fourth-order valence-electron chi connectivity index (χ4n) is 3.36. The second kappa shape index (κ2) is 8.99. The number of amides is 1. The van der Waals surface area contributed by atoms with Gasteiger partial charge in [-0.25, -0.2) is 4.98 Å². The van der Waals surface area contributed by atoms with Crippen molar-refractivity contribution in [3.8, 4) is 0 Å². The third kappa shape index (κ3) is 4.73. The second-order valence-corrected chi connectivity index (χ2v) is 7.33. The van der Waals surface area contributed by atoms with Crippen LogP contribution < -0.4 is 15.5 Å². The molecule has 3 rings (SSSR count). The van der Waals surface area contributed by atoms with Crippen molar-refractivity contribution in [1.29, 1.82) is 0 Å². The van der Waals surface area contributed by atoms with Gasteiger partial charge in [-0.05, 0) is 31.4 Å². The average Bonchev–Trinajstić information content (AvgIpc) is 2.67. The van der Waals surface area contributed by atoms with Gasteiger partial charge in [0.2, 0.25) is 5.91 Å². The van der Waals surface area contributed by atoms with E-state index in [1.54, 1.807) is 0 Å². The molecule has 0 unspecified atom stereocenters. The lowest BCUT2D eigenvalue weighted by molar-refractivity contribution is -0.123. The van der Waals surface area contributed by atoms with E-state index in [2.05, 4.69) is 39.8 Å². The van der Waals surface area contributed by atoms with E-state index in [-0.39, 0.29) is 11.8 Å². The van der Waals surface area contributed by atoms with Crippen molar-refractivity contribution < 1.29 is 4.79 Å². The Morgan fingerprint density at radius 1 is 1.15 bits per heavy atom. The number of para-hydroxylation sites is 1. The summed E-state index contributed by atoms with van der Waals surface area (Å²) >= 11 is 0. The van der Waals surface area contributed by atoms with Crippen LogP contribution in [-0.4, -0.2) is 37.1 Å². The van der Waals surface area contributed by atoms with Crippen LogP contribution in [0.4, 0.5) is 5.82 Å². The van der Waals surface area contributed by atoms with E-state index in [0.29, 0.717) is 6.54 Å². The van der Waals surface area contributed by atoms with Crippen molar-refractivity contribution in [2.45, 2.75) is 39.7 Å². The number of carbonyl (C=O) groups is 1. The van der Waals surface area contributed by atoms with Crippen LogP contribution in [0.5, 0.6) is 0 Å². The predicted octanol–water partition coefficient (Wildman–Crippen LogP) is 3.09. The standard InChI is InChI=1S/C21H30N4O/c1-16(2)21(26)23-11-10-22-15-18-14-17-8-4-5-9-19(17)24-20(18)25-12-6-3-7-13-25/h4-5,8-9,14,16,22H,3,6-7,10-13,15H2,1-2H3,(H,23,26). The van der Waals surface area contributed by atoms with Gasteiger partial charge in [-0.1, -0.05) is 32.0 Å². The summed E-state index contributed by atoms with van der Waals surface area (Å²) in [6, 6.07) is 10.6. The molecule has 0 atom stereocenters. The van der Waals surface area contributed by atoms with E-state index < -0.39 is 0 Å². The number of anilines is 1. The van der Waals surface area contributed by atoms with Crippen LogP contribution in [0.25, 0.3) is 10.9 Å². The molecule has 5 nitrogen and oxygen atoms in total. The molecule has 0 aliphatic carbocycles. The number of fused-ring (bicyclic) bond motifs is 1. The number of carbonyl (C=O) groups excluding carboxylic acids is 1. The van der Waals surface area contributed by atoms with E-state index in [1.807, 2.05) is 19.9 Å². The molecular formula is C21H30N4O. The molecule has 1 saturated heterocycles. The first-order valence-corrected chi connectivity index (χ1v) is 9.77. The SMILES string of the molecule is CC(C)C(=O)NCCNCc1cc2ccccc2nc1N1CCCCC1. The fourth-order valence-corrected chi connectivity index (χ4v) is 3.36. The molecule has 0 bridgehead atoms. The van der Waals surface area contributed by atoms with Crippen LogP contribution in [0.1, 0.15) is 38.7 Å². The minimum Gasteiger partial charge on any atom is -0.356 e. The highest BCUT2D eigenvalue weighted by atomic mass is 16.1. The van der Waals surface area contributed by atoms with Crippen molar-refractivity contribution in [3.63, 3.8) is 0 Å². The number of nitrogens with one attached hydrogen (secondary N) is 2. The molecule has 1 fully saturated rings. The smallest absolute Gasteiger partial charge is 0.222 e. The van der Waals surface area contributed by atoms with Gasteiger partial charge >= 0.3 is 0 Å². The average molecular weight is 354 g/mol. The highest BCUT2D eigenvalue weighted by molar-refractivity contribution is 5.82. The number of hydrogen-bond acceptors (Lipinski definition) is 4. The molecule has 0 saturated carbocycles. The molecule has 2 heterocycles. The lowest BCUT2D eigenvalue weighted by Crippen LogP contribution is -2.35. The molecule has 140 valence electrons. The van der Waals surface area contributed by atoms with Crippen LogP contribution >= 0.6 is 0 Å². The Kier molecular flexibility index (Phi) is 6.45. The van der Waals surface area contributed by atoms with Gasteiger partial charge in [-0.2, -0.15) is 0 Å². The topological polar surface area (TPSA) is 57.3 Å². The number of piperidine rings is 1. The normalized spacial score (nSPS) is 14.8. The van der Waals surface area contributed by atoms with Gasteiger partial charge < -0.3 is 15.5 Å². The summed E-state index contributed by atoms with van der Waals surface area (Å²) in [7, 11) is 0. The summed E-state index contributed by atoms with van der Waals surface area (Å²) in [5.41, 5.74) is 2.29. The third-order valence-electron chi connectivity index (χ3n) is 4.88. The molecule has 2 aromatic rings. The quantitative estimate of drug-likeness (QED) is 0.750. The van der Waals surface area contributed by atoms with Gasteiger partial charge in [0.15, 0.2) is 0 Å². The number of nitrogens with zero attached hydrogens (tertiary/aromatic N) is 2. The highest BCUT2D eigenvalue weighted by Gasteiger charge is 2.16. The molecule has 5 heteroatoms. The Labute approximate surface area is 156 Å². The third-order valence-corrected chi connectivity index (χ3v) is 4.88. The van der Waals surface area contributed by atoms with Gasteiger partial charge in [-0.15, -0.1) is 0 Å². The van der Waals surface area contributed by atoms with Crippen molar-refractivity contribution in [3.05, 3.63) is 35.9 Å². The zero-order chi connectivity index (χ0) is 18.4. The van der Waals surface area contributed by atoms with Crippen LogP contribution in [0, 0.1) is 5.92 Å². The van der Waals surface area contributed by atoms with Crippen LogP contribution in [-0.2, 0) is 11.3 Å². The van der Waals surface area contributed by atoms with Gasteiger partial charge in [0.25, 0.3) is 0 Å². The Bertz CT molecular complexity index is 738. The maximum absolute atomic E-state index is 11.6. The molecule has 26 heavy (non-hydrogen) atoms. The summed E-state index contributed by atoms with van der Waals surface area (Å²) in [6.07, 6.45) is 3.79. The van der Waals surface area contributed by atoms with Crippen LogP contribution in [0.2, 0.25) is 0 Å². The number of rotatable bonds is 7. The summed E-state index contributed by atoms with van der Waals surface area (Å²) < 4.78 is 0. The first kappa shape index (κ1) is 18.6. The maximum Gasteiger partial charge on any atom is 0.222 e. The number of aromatic nitrogens is 1. The van der Waals surface area contributed by atoms with Crippen molar-refractivity contribution in [2.24, 2.45) is 5.92 Å². The highest BCUT2D eigenvalue weighted by Crippen LogP contribution is 2.26. The fraction of sp³-hybridized carbons (Fsp3) is 0.524. The van der Waals surface area contributed by atoms with Crippen molar-refractivity contribution in [2.75, 3.05) is 31.1 Å². The molecule has 0 radical (unpaired) electrons. The van der Waals surface area contributed by atoms with Gasteiger partial charge in [0.05, 0.1) is 5.52 Å². The van der Waals surface area contributed by atoms with E-state index >= 15 is 0 Å². The summed E-state index contributed by atoms with van der Waals surface area (Å²) in [5, 5.41) is 7.59. The van der Waals surface area contributed by atoms with E-state index in [0.717, 1.165) is 37.5 Å². The first-order chi connectivity index (χ1) is 12.6. The molecule has 2 N–H and O–H groups in total. The van der Waals surface area contributed by atoms with E-state index in [1.165, 1.54) is 30.2 Å². The molecule has 1 aromatic heterocycles. The number of pyridine rings is 1. The largest absolute Gasteiger partial charge is 0.356 e. The second-order valence-electron chi connectivity index (χ2n) is 7.33. The lowest BCUT2D eigenvalue weighted by Gasteiger charge is -2.30. The summed E-state index contributed by atoms with van der Waals surface area (Å²) in [5.74, 6) is 1.25. The molecule has 1 aliphatic rings. The summed E-state index contributed by atoms with van der Waals surface area (Å²) in [4.78, 5) is 19.0. The van der Waals surface area contributed by atoms with Gasteiger partial charge in [0.1, 0.15) is 5.82 Å². The monoisotopic (exact) mass is 354 g/mol. The van der Waals surface area contributed by atoms with Crippen molar-refractivity contribution >= 4 is 22.6 Å². The van der Waals surface area contributed by atoms with Crippen molar-refractivity contribution in [1.82, 2.24) is 15.6 Å². The zero-order valence-electron chi connectivity index (χ0n) is 15.9. The number of benzene rings is 1. The Balaban J connectivity index is 1.68. The van der Waals surface area contributed by atoms with E-state index in [9.17, 15) is 4.79 Å². The minimum absolute atomic E-state index is 0.0328. The maximum atomic E-state index is 11.6. The minimum atomic E-state index is 0.0328. The van der Waals surface area contributed by atoms with Gasteiger partial charge in [0, 0.05) is 49.6 Å². The molecular weight excluding hydrogens is 324 g/mol. The lowest BCUT2D eigenvalue weighted by atomic mass is 10.1. The van der Waals surface area contributed by atoms with E-state index in [4.69, 9.17) is 4.98 Å². The summed E-state index contributed by atoms with van der Waals surface area (Å²) in [6.45, 7) is 8.16. The molecule has 1 aliphatic heterocycles. The van der Waals surface area contributed by atoms with Crippen LogP contribution in [0.3, 0.4) is 0 Å². The zero-order valence-corrected chi connectivity index (χ0v) is 15.9. The van der Waals surface area contributed by atoms with Crippen LogP contribution in [0.15, 0.2) is 30.3 Å². The molecule has 0 spiro atoms. The number of hydrogen-bond donors (Lipinski definition) is 2. The Hall–Kier alpha value is -2.14. The predicted molar refractivity (Wildman–Crippen MR) is 107 cm³/mol.